The van der Waals surface area contributed by atoms with Crippen LogP contribution in [0.3, 0.4) is 0 Å². The van der Waals surface area contributed by atoms with Gasteiger partial charge in [0, 0.05) is 43.4 Å². The number of furan rings is 1. The number of nitrogens with zero attached hydrogens (tertiary/aromatic N) is 3. The molecule has 6 heteroatoms. The van der Waals surface area contributed by atoms with Crippen molar-refractivity contribution in [2.75, 3.05) is 32.8 Å². The normalized spacial score (nSPS) is 23.9. The second-order valence-corrected chi connectivity index (χ2v) is 8.37. The number of rotatable bonds is 6. The lowest BCUT2D eigenvalue weighted by Gasteiger charge is -2.51. The molecule has 2 aromatic heterocycles. The molecule has 1 spiro atoms. The van der Waals surface area contributed by atoms with Gasteiger partial charge in [-0.25, -0.2) is 0 Å². The Kier molecular flexibility index (Phi) is 5.66. The predicted molar refractivity (Wildman–Crippen MR) is 104 cm³/mol. The molecular formula is C21H32N4O2. The van der Waals surface area contributed by atoms with Gasteiger partial charge < -0.3 is 9.52 Å². The molecule has 0 aliphatic carbocycles. The van der Waals surface area contributed by atoms with Crippen molar-refractivity contribution >= 4 is 0 Å². The highest BCUT2D eigenvalue weighted by atomic mass is 16.3. The van der Waals surface area contributed by atoms with Crippen molar-refractivity contribution in [2.24, 2.45) is 11.3 Å². The minimum Gasteiger partial charge on any atom is -0.472 e. The summed E-state index contributed by atoms with van der Waals surface area (Å²) in [5, 5.41) is 17.6. The van der Waals surface area contributed by atoms with Crippen molar-refractivity contribution in [3.05, 3.63) is 41.6 Å². The molecule has 2 N–H and O–H groups in total. The molecule has 2 fully saturated rings. The summed E-state index contributed by atoms with van der Waals surface area (Å²) in [5.41, 5.74) is 3.89. The number of aromatic nitrogens is 2. The number of H-pyrrole nitrogens is 1. The number of hydrogen-bond acceptors (Lipinski definition) is 5. The summed E-state index contributed by atoms with van der Waals surface area (Å²) in [6.07, 6.45) is 8.11. The summed E-state index contributed by atoms with van der Waals surface area (Å²) in [7, 11) is 0. The minimum absolute atomic E-state index is 0.294. The van der Waals surface area contributed by atoms with Crippen LogP contribution in [0.5, 0.6) is 0 Å². The van der Waals surface area contributed by atoms with Gasteiger partial charge in [-0.2, -0.15) is 5.10 Å². The zero-order chi connectivity index (χ0) is 18.7. The fourth-order valence-corrected chi connectivity index (χ4v) is 4.94. The summed E-state index contributed by atoms with van der Waals surface area (Å²) >= 11 is 0. The van der Waals surface area contributed by atoms with Crippen molar-refractivity contribution in [3.8, 4) is 0 Å². The topological polar surface area (TPSA) is 68.5 Å². The Morgan fingerprint density at radius 2 is 2.00 bits per heavy atom. The molecule has 4 rings (SSSR count). The highest BCUT2D eigenvalue weighted by Crippen LogP contribution is 2.45. The van der Waals surface area contributed by atoms with Crippen LogP contribution in [0.1, 0.15) is 43.1 Å². The number of aliphatic hydroxyl groups excluding tert-OH is 1. The lowest BCUT2D eigenvalue weighted by atomic mass is 9.64. The van der Waals surface area contributed by atoms with Gasteiger partial charge in [0.1, 0.15) is 0 Å². The van der Waals surface area contributed by atoms with Crippen LogP contribution in [0.25, 0.3) is 0 Å². The fourth-order valence-electron chi connectivity index (χ4n) is 4.94. The average molecular weight is 373 g/mol. The largest absolute Gasteiger partial charge is 0.472 e. The number of aliphatic hydroxyl groups is 1. The summed E-state index contributed by atoms with van der Waals surface area (Å²) < 4.78 is 5.20. The zero-order valence-electron chi connectivity index (χ0n) is 16.4. The van der Waals surface area contributed by atoms with E-state index in [4.69, 9.17) is 4.42 Å². The molecule has 2 aliphatic rings. The summed E-state index contributed by atoms with van der Waals surface area (Å²) in [4.78, 5) is 5.00. The fraction of sp³-hybridized carbons (Fsp3) is 0.667. The number of aromatic amines is 1. The van der Waals surface area contributed by atoms with Crippen LogP contribution in [-0.4, -0.2) is 57.9 Å². The molecule has 2 aliphatic heterocycles. The van der Waals surface area contributed by atoms with E-state index in [1.807, 2.05) is 12.3 Å². The third-order valence-corrected chi connectivity index (χ3v) is 6.77. The van der Waals surface area contributed by atoms with Gasteiger partial charge in [0.25, 0.3) is 0 Å². The maximum Gasteiger partial charge on any atom is 0.0947 e. The van der Waals surface area contributed by atoms with Crippen molar-refractivity contribution in [1.29, 1.82) is 0 Å². The van der Waals surface area contributed by atoms with Gasteiger partial charge in [-0.05, 0) is 62.9 Å². The summed E-state index contributed by atoms with van der Waals surface area (Å²) in [5.74, 6) is 0.374. The predicted octanol–water partition coefficient (Wildman–Crippen LogP) is 2.66. The number of hydrogen-bond donors (Lipinski definition) is 2. The maximum absolute atomic E-state index is 10.1. The molecule has 0 bridgehead atoms. The van der Waals surface area contributed by atoms with Crippen LogP contribution in [-0.2, 0) is 19.5 Å². The van der Waals surface area contributed by atoms with Crippen LogP contribution in [0, 0.1) is 11.3 Å². The van der Waals surface area contributed by atoms with Crippen LogP contribution >= 0.6 is 0 Å². The van der Waals surface area contributed by atoms with E-state index in [1.165, 1.54) is 30.5 Å². The van der Waals surface area contributed by atoms with E-state index in [0.717, 1.165) is 51.4 Å². The molecule has 27 heavy (non-hydrogen) atoms. The Balaban J connectivity index is 1.32. The molecule has 148 valence electrons. The Labute approximate surface area is 161 Å². The first-order chi connectivity index (χ1) is 13.2. The van der Waals surface area contributed by atoms with E-state index in [2.05, 4.69) is 33.0 Å². The van der Waals surface area contributed by atoms with Crippen LogP contribution in [0.15, 0.2) is 29.1 Å². The van der Waals surface area contributed by atoms with Gasteiger partial charge in [-0.3, -0.25) is 14.9 Å². The van der Waals surface area contributed by atoms with E-state index < -0.39 is 0 Å². The third-order valence-electron chi connectivity index (χ3n) is 6.77. The first kappa shape index (κ1) is 18.7. The van der Waals surface area contributed by atoms with Crippen LogP contribution in [0.4, 0.5) is 0 Å². The highest BCUT2D eigenvalue weighted by molar-refractivity contribution is 5.09. The van der Waals surface area contributed by atoms with E-state index in [9.17, 15) is 5.11 Å². The monoisotopic (exact) mass is 372 g/mol. The molecule has 2 aromatic rings. The number of piperidine rings is 2. The molecule has 4 heterocycles. The Hall–Kier alpha value is -1.63. The second kappa shape index (κ2) is 8.17. The van der Waals surface area contributed by atoms with Gasteiger partial charge in [-0.15, -0.1) is 0 Å². The zero-order valence-corrected chi connectivity index (χ0v) is 16.4. The molecule has 0 amide bonds. The van der Waals surface area contributed by atoms with E-state index >= 15 is 0 Å². The molecule has 1 atom stereocenters. The van der Waals surface area contributed by atoms with Gasteiger partial charge >= 0.3 is 0 Å². The minimum atomic E-state index is 0.294. The third kappa shape index (κ3) is 4.13. The smallest absolute Gasteiger partial charge is 0.0947 e. The Morgan fingerprint density at radius 3 is 2.63 bits per heavy atom. The lowest BCUT2D eigenvalue weighted by molar-refractivity contribution is -0.0451. The van der Waals surface area contributed by atoms with Gasteiger partial charge in [0.05, 0.1) is 18.2 Å². The maximum atomic E-state index is 10.1. The molecule has 2 saturated heterocycles. The van der Waals surface area contributed by atoms with Gasteiger partial charge in [-0.1, -0.05) is 6.92 Å². The van der Waals surface area contributed by atoms with Crippen molar-refractivity contribution < 1.29 is 9.52 Å². The molecule has 0 unspecified atom stereocenters. The van der Waals surface area contributed by atoms with Crippen LogP contribution < -0.4 is 0 Å². The number of likely N-dealkylation sites (tertiary alicyclic amines) is 2. The summed E-state index contributed by atoms with van der Waals surface area (Å²) in [6.45, 7) is 8.64. The van der Waals surface area contributed by atoms with Crippen molar-refractivity contribution in [3.63, 3.8) is 0 Å². The SMILES string of the molecule is CCc1cc(CN2CCC3(CC2)CCN(Cc2ccoc2)C[C@H]3CO)[nH]n1. The standard InChI is InChI=1S/C21H32N4O2/c1-2-19-11-20(23-22-19)14-24-7-4-21(5-8-24)6-9-25(13-18(21)15-26)12-17-3-10-27-16-17/h3,10-11,16,18,26H,2,4-9,12-15H2,1H3,(H,22,23)/t18-/m0/s1. The van der Waals surface area contributed by atoms with Gasteiger partial charge in [0.15, 0.2) is 0 Å². The summed E-state index contributed by atoms with van der Waals surface area (Å²) in [6, 6.07) is 4.23. The Morgan fingerprint density at radius 1 is 1.22 bits per heavy atom. The first-order valence-electron chi connectivity index (χ1n) is 10.3. The van der Waals surface area contributed by atoms with Crippen molar-refractivity contribution in [2.45, 2.75) is 45.7 Å². The van der Waals surface area contributed by atoms with E-state index in [1.54, 1.807) is 6.26 Å². The number of aryl methyl sites for hydroxylation is 1. The average Bonchev–Trinajstić information content (AvgIpc) is 3.37. The van der Waals surface area contributed by atoms with Crippen molar-refractivity contribution in [1.82, 2.24) is 20.0 Å². The molecular weight excluding hydrogens is 340 g/mol. The Bertz CT molecular complexity index is 704. The first-order valence-corrected chi connectivity index (χ1v) is 10.3. The molecule has 0 radical (unpaired) electrons. The van der Waals surface area contributed by atoms with Gasteiger partial charge in [0.2, 0.25) is 0 Å². The van der Waals surface area contributed by atoms with Crippen LogP contribution in [0.2, 0.25) is 0 Å². The van der Waals surface area contributed by atoms with E-state index in [-0.39, 0.29) is 0 Å². The quantitative estimate of drug-likeness (QED) is 0.816. The second-order valence-electron chi connectivity index (χ2n) is 8.37. The lowest BCUT2D eigenvalue weighted by Crippen LogP contribution is -2.53. The number of nitrogens with one attached hydrogen (secondary N) is 1. The highest BCUT2D eigenvalue weighted by Gasteiger charge is 2.44. The molecule has 0 saturated carbocycles. The molecule has 6 nitrogen and oxygen atoms in total. The van der Waals surface area contributed by atoms with E-state index in [0.29, 0.717) is 17.9 Å². The molecule has 0 aromatic carbocycles.